The zero-order chi connectivity index (χ0) is 23.3. The first-order valence-corrected chi connectivity index (χ1v) is 11.0. The molecule has 4 rings (SSSR count). The predicted octanol–water partition coefficient (Wildman–Crippen LogP) is 1.83. The van der Waals surface area contributed by atoms with Crippen LogP contribution in [0.2, 0.25) is 0 Å². The van der Waals surface area contributed by atoms with Gasteiger partial charge in [0, 0.05) is 0 Å². The minimum atomic E-state index is -1.15. The summed E-state index contributed by atoms with van der Waals surface area (Å²) < 4.78 is 0. The summed E-state index contributed by atoms with van der Waals surface area (Å²) in [5, 5.41) is 18.2. The van der Waals surface area contributed by atoms with E-state index in [4.69, 9.17) is 0 Å². The van der Waals surface area contributed by atoms with Crippen molar-refractivity contribution in [3.05, 3.63) is 66.7 Å². The van der Waals surface area contributed by atoms with E-state index >= 15 is 0 Å². The SMILES string of the molecule is C=Cc1cccc2cc3ccccc3cc12.CCCC(C)C1(CC)C(=O)N=C([O-])NC1=O.[Na+]. The molecule has 0 radical (unpaired) electrons. The molecule has 1 N–H and O–H groups in total. The van der Waals surface area contributed by atoms with Crippen molar-refractivity contribution in [3.63, 3.8) is 0 Å². The van der Waals surface area contributed by atoms with E-state index in [1.807, 2.05) is 19.9 Å². The number of benzene rings is 3. The van der Waals surface area contributed by atoms with Gasteiger partial charge >= 0.3 is 29.6 Å². The molecule has 3 aromatic rings. The standard InChI is InChI=1S/C16H12.C11H18N2O3.Na/c1-2-12-8-5-9-15-10-13-6-3-4-7-14(13)11-16(12)15;1-4-6-7(3)11(5-2)8(14)12-10(16)13-9(11)15;/h2-11H,1H2;7H,4-6H2,1-3H3,(H2,12,13,14,15,16);/q;;+1/p-1. The van der Waals surface area contributed by atoms with E-state index in [0.717, 1.165) is 12.8 Å². The van der Waals surface area contributed by atoms with Crippen LogP contribution in [0.4, 0.5) is 0 Å². The second-order valence-electron chi connectivity index (χ2n) is 8.16. The maximum Gasteiger partial charge on any atom is 1.00 e. The van der Waals surface area contributed by atoms with E-state index in [0.29, 0.717) is 6.42 Å². The molecule has 2 unspecified atom stereocenters. The van der Waals surface area contributed by atoms with Gasteiger partial charge in [-0.25, -0.2) is 4.99 Å². The van der Waals surface area contributed by atoms with Gasteiger partial charge in [-0.05, 0) is 58.0 Å². The molecule has 1 aliphatic rings. The summed E-state index contributed by atoms with van der Waals surface area (Å²) in [7, 11) is 0. The Morgan fingerprint density at radius 1 is 1.06 bits per heavy atom. The van der Waals surface area contributed by atoms with Gasteiger partial charge in [0.15, 0.2) is 0 Å². The molecule has 1 heterocycles. The van der Waals surface area contributed by atoms with Crippen molar-refractivity contribution in [2.45, 2.75) is 40.0 Å². The van der Waals surface area contributed by atoms with Gasteiger partial charge in [0.1, 0.15) is 5.41 Å². The van der Waals surface area contributed by atoms with Gasteiger partial charge in [-0.1, -0.05) is 82.3 Å². The van der Waals surface area contributed by atoms with Crippen LogP contribution >= 0.6 is 0 Å². The van der Waals surface area contributed by atoms with Crippen molar-refractivity contribution in [2.24, 2.45) is 16.3 Å². The normalized spacial score (nSPS) is 18.5. The summed E-state index contributed by atoms with van der Waals surface area (Å²) in [6, 6.07) is 18.4. The molecule has 2 amide bonds. The van der Waals surface area contributed by atoms with Crippen molar-refractivity contribution in [1.29, 1.82) is 0 Å². The fraction of sp³-hybridized carbons (Fsp3) is 0.296. The minimum Gasteiger partial charge on any atom is -0.846 e. The Morgan fingerprint density at radius 3 is 2.27 bits per heavy atom. The monoisotopic (exact) mass is 452 g/mol. The Labute approximate surface area is 217 Å². The Morgan fingerprint density at radius 2 is 1.70 bits per heavy atom. The smallest absolute Gasteiger partial charge is 0.846 e. The molecule has 33 heavy (non-hydrogen) atoms. The molecular formula is C27H29N2NaO3. The Bertz CT molecular complexity index is 1200. The quantitative estimate of drug-likeness (QED) is 0.364. The number of hydrogen-bond donors (Lipinski definition) is 1. The third kappa shape index (κ3) is 5.37. The van der Waals surface area contributed by atoms with E-state index in [-0.39, 0.29) is 35.5 Å². The number of amidine groups is 1. The molecule has 5 nitrogen and oxygen atoms in total. The average molecular weight is 453 g/mol. The van der Waals surface area contributed by atoms with E-state index in [1.165, 1.54) is 27.1 Å². The number of fused-ring (bicyclic) bond motifs is 2. The van der Waals surface area contributed by atoms with E-state index in [9.17, 15) is 14.7 Å². The van der Waals surface area contributed by atoms with Crippen LogP contribution in [0.5, 0.6) is 0 Å². The molecular weight excluding hydrogens is 423 g/mol. The molecule has 3 aromatic carbocycles. The molecule has 0 bridgehead atoms. The molecule has 166 valence electrons. The number of nitrogens with zero attached hydrogens (tertiary/aromatic N) is 1. The fourth-order valence-corrected chi connectivity index (χ4v) is 4.47. The molecule has 0 spiro atoms. The Balaban J connectivity index is 0.000000227. The Kier molecular flexibility index (Phi) is 9.41. The molecule has 0 aliphatic carbocycles. The van der Waals surface area contributed by atoms with Gasteiger partial charge < -0.3 is 10.4 Å². The number of hydrogen-bond acceptors (Lipinski definition) is 3. The van der Waals surface area contributed by atoms with Crippen LogP contribution in [0.15, 0.2) is 66.2 Å². The fourth-order valence-electron chi connectivity index (χ4n) is 4.47. The summed E-state index contributed by atoms with van der Waals surface area (Å²) in [4.78, 5) is 27.1. The third-order valence-corrected chi connectivity index (χ3v) is 6.33. The molecule has 0 fully saturated rings. The van der Waals surface area contributed by atoms with E-state index in [2.05, 4.69) is 71.5 Å². The van der Waals surface area contributed by atoms with Crippen LogP contribution in [-0.4, -0.2) is 17.8 Å². The van der Waals surface area contributed by atoms with Gasteiger partial charge in [-0.2, -0.15) is 0 Å². The number of nitrogens with one attached hydrogen (secondary N) is 1. The van der Waals surface area contributed by atoms with Crippen LogP contribution in [0.25, 0.3) is 27.6 Å². The second-order valence-corrected chi connectivity index (χ2v) is 8.16. The predicted molar refractivity (Wildman–Crippen MR) is 129 cm³/mol. The molecule has 0 saturated carbocycles. The molecule has 0 aromatic heterocycles. The summed E-state index contributed by atoms with van der Waals surface area (Å²) in [5.74, 6) is -1.20. The van der Waals surface area contributed by atoms with Crippen LogP contribution in [0.3, 0.4) is 0 Å². The van der Waals surface area contributed by atoms with Gasteiger partial charge in [0.2, 0.25) is 5.91 Å². The second kappa shape index (κ2) is 11.6. The van der Waals surface area contributed by atoms with Crippen molar-refractivity contribution in [3.8, 4) is 0 Å². The maximum atomic E-state index is 11.9. The van der Waals surface area contributed by atoms with Crippen LogP contribution in [-0.2, 0) is 9.59 Å². The first kappa shape index (κ1) is 26.8. The molecule has 6 heteroatoms. The number of amides is 2. The largest absolute Gasteiger partial charge is 1.00 e. The summed E-state index contributed by atoms with van der Waals surface area (Å²) >= 11 is 0. The van der Waals surface area contributed by atoms with Gasteiger partial charge in [0.05, 0.1) is 6.02 Å². The molecule has 2 atom stereocenters. The molecule has 1 aliphatic heterocycles. The van der Waals surface area contributed by atoms with Crippen molar-refractivity contribution in [1.82, 2.24) is 5.32 Å². The van der Waals surface area contributed by atoms with Gasteiger partial charge in [-0.3, -0.25) is 9.59 Å². The summed E-state index contributed by atoms with van der Waals surface area (Å²) in [6.45, 7) is 9.48. The third-order valence-electron chi connectivity index (χ3n) is 6.33. The number of carbonyl (C=O) groups excluding carboxylic acids is 2. The van der Waals surface area contributed by atoms with E-state index in [1.54, 1.807) is 6.92 Å². The topological polar surface area (TPSA) is 81.6 Å². The van der Waals surface area contributed by atoms with Crippen LogP contribution in [0.1, 0.15) is 45.6 Å². The van der Waals surface area contributed by atoms with Gasteiger partial charge in [0.25, 0.3) is 5.91 Å². The first-order chi connectivity index (χ1) is 15.4. The number of carbonyl (C=O) groups is 2. The van der Waals surface area contributed by atoms with Crippen LogP contribution in [0, 0.1) is 11.3 Å². The number of aliphatic imine (C=N–C) groups is 1. The Hall–Kier alpha value is -2.47. The average Bonchev–Trinajstić information content (AvgIpc) is 2.78. The van der Waals surface area contributed by atoms with Crippen molar-refractivity contribution < 1.29 is 44.3 Å². The van der Waals surface area contributed by atoms with Crippen molar-refractivity contribution in [2.75, 3.05) is 0 Å². The number of rotatable bonds is 5. The maximum absolute atomic E-state index is 11.9. The summed E-state index contributed by atoms with van der Waals surface area (Å²) in [6.07, 6.45) is 3.93. The minimum absolute atomic E-state index is 0. The zero-order valence-corrected chi connectivity index (χ0v) is 21.9. The van der Waals surface area contributed by atoms with Gasteiger partial charge in [-0.15, -0.1) is 0 Å². The zero-order valence-electron chi connectivity index (χ0n) is 19.9. The first-order valence-electron chi connectivity index (χ1n) is 11.0. The summed E-state index contributed by atoms with van der Waals surface area (Å²) in [5.41, 5.74) is 0.0486. The van der Waals surface area contributed by atoms with Crippen LogP contribution < -0.4 is 40.0 Å². The molecule has 0 saturated heterocycles. The van der Waals surface area contributed by atoms with E-state index < -0.39 is 23.3 Å². The van der Waals surface area contributed by atoms with Crippen molar-refractivity contribution >= 4 is 45.5 Å².